The van der Waals surface area contributed by atoms with E-state index in [9.17, 15) is 0 Å². The van der Waals surface area contributed by atoms with Gasteiger partial charge in [0.2, 0.25) is 0 Å². The summed E-state index contributed by atoms with van der Waals surface area (Å²) in [6.07, 6.45) is 6.25. The van der Waals surface area contributed by atoms with Crippen molar-refractivity contribution in [2.45, 2.75) is 5.41 Å². The average molecular weight is 815 g/mol. The Morgan fingerprint density at radius 1 is 0.359 bits per heavy atom. The van der Waals surface area contributed by atoms with Gasteiger partial charge in [-0.2, -0.15) is 0 Å². The number of amidine groups is 1. The Kier molecular flexibility index (Phi) is 8.13. The van der Waals surface area contributed by atoms with Gasteiger partial charge in [0.25, 0.3) is 0 Å². The third kappa shape index (κ3) is 5.41. The van der Waals surface area contributed by atoms with E-state index < -0.39 is 5.41 Å². The number of nitrogens with zero attached hydrogens (tertiary/aromatic N) is 2. The predicted octanol–water partition coefficient (Wildman–Crippen LogP) is 15.1. The van der Waals surface area contributed by atoms with E-state index >= 15 is 0 Å². The number of hydrogen-bond acceptors (Lipinski definition) is 3. The van der Waals surface area contributed by atoms with Gasteiger partial charge in [-0.1, -0.05) is 194 Å². The molecule has 3 aliphatic rings. The highest BCUT2D eigenvalue weighted by Gasteiger charge is 2.51. The van der Waals surface area contributed by atoms with Crippen molar-refractivity contribution < 1.29 is 4.42 Å². The average Bonchev–Trinajstić information content (AvgIpc) is 3.98. The first-order chi connectivity index (χ1) is 31.7. The van der Waals surface area contributed by atoms with Crippen molar-refractivity contribution >= 4 is 39.2 Å². The monoisotopic (exact) mass is 814 g/mol. The van der Waals surface area contributed by atoms with Gasteiger partial charge < -0.3 is 4.42 Å². The summed E-state index contributed by atoms with van der Waals surface area (Å²) in [5.74, 6) is 0.617. The lowest BCUT2D eigenvalue weighted by Gasteiger charge is -2.30. The van der Waals surface area contributed by atoms with E-state index in [1.54, 1.807) is 0 Å². The Balaban J connectivity index is 1.00. The maximum absolute atomic E-state index is 6.67. The second kappa shape index (κ2) is 14.3. The molecule has 0 unspecified atom stereocenters. The molecule has 0 saturated carbocycles. The molecule has 3 nitrogen and oxygen atoms in total. The Bertz CT molecular complexity index is 3600. The molecular weight excluding hydrogens is 777 g/mol. The Labute approximate surface area is 371 Å². The van der Waals surface area contributed by atoms with E-state index in [-0.39, 0.29) is 0 Å². The van der Waals surface area contributed by atoms with E-state index in [1.807, 2.05) is 24.3 Å². The van der Waals surface area contributed by atoms with Gasteiger partial charge in [0.15, 0.2) is 5.84 Å². The summed E-state index contributed by atoms with van der Waals surface area (Å²) in [4.78, 5) is 10.9. The number of furan rings is 1. The zero-order valence-electron chi connectivity index (χ0n) is 34.7. The van der Waals surface area contributed by atoms with Crippen molar-refractivity contribution in [3.8, 4) is 44.5 Å². The van der Waals surface area contributed by atoms with Crippen molar-refractivity contribution in [1.82, 2.24) is 0 Å². The standard InChI is InChI=1S/C61H38N2O/c1-3-17-39(18-4-1)43-21-7-8-25-48(43)56-31-16-30-55(40-19-5-2-6-20-40)62-60(63-56)49-26-15-32-58-59(49)50-37-41(34-36-57(50)64-58)42-33-35-47-46-24-11-14-29-53(46)61(54(47)38-42)51-27-12-9-22-44(51)45-23-10-13-28-52(45)61/h1-38H/b30-16+,31-16?,55-30?,56-31+,62-55?,62-60?,63-56?,63-60?. The fraction of sp³-hybridized carbons (Fsp3) is 0.0164. The van der Waals surface area contributed by atoms with Gasteiger partial charge >= 0.3 is 0 Å². The first-order valence-electron chi connectivity index (χ1n) is 21.9. The maximum Gasteiger partial charge on any atom is 0.161 e. The molecule has 13 rings (SSSR count). The van der Waals surface area contributed by atoms with Gasteiger partial charge in [0.1, 0.15) is 11.2 Å². The van der Waals surface area contributed by atoms with Crippen LogP contribution in [0.5, 0.6) is 0 Å². The highest BCUT2D eigenvalue weighted by atomic mass is 16.3. The summed E-state index contributed by atoms with van der Waals surface area (Å²) >= 11 is 0. The number of aliphatic imine (C=N–C) groups is 2. The number of rotatable bonds is 5. The second-order valence-corrected chi connectivity index (χ2v) is 16.8. The molecule has 3 heteroatoms. The van der Waals surface area contributed by atoms with E-state index in [1.165, 1.54) is 44.5 Å². The molecule has 0 N–H and O–H groups in total. The Morgan fingerprint density at radius 2 is 0.906 bits per heavy atom. The smallest absolute Gasteiger partial charge is 0.161 e. The fourth-order valence-corrected chi connectivity index (χ4v) is 10.6. The lowest BCUT2D eigenvalue weighted by Crippen LogP contribution is -2.25. The highest BCUT2D eigenvalue weighted by Crippen LogP contribution is 2.63. The number of allylic oxidation sites excluding steroid dienone is 3. The van der Waals surface area contributed by atoms with Gasteiger partial charge in [-0.25, -0.2) is 9.98 Å². The molecule has 0 atom stereocenters. The zero-order valence-corrected chi connectivity index (χ0v) is 34.7. The quantitative estimate of drug-likeness (QED) is 0.171. The predicted molar refractivity (Wildman–Crippen MR) is 264 cm³/mol. The van der Waals surface area contributed by atoms with Crippen molar-refractivity contribution in [3.63, 3.8) is 0 Å². The van der Waals surface area contributed by atoms with Crippen LogP contribution in [0.3, 0.4) is 0 Å². The van der Waals surface area contributed by atoms with E-state index in [4.69, 9.17) is 14.4 Å². The van der Waals surface area contributed by atoms with Crippen molar-refractivity contribution in [3.05, 3.63) is 269 Å². The van der Waals surface area contributed by atoms with Crippen LogP contribution in [-0.2, 0) is 5.41 Å². The molecule has 298 valence electrons. The van der Waals surface area contributed by atoms with Gasteiger partial charge in [-0.3, -0.25) is 0 Å². The molecule has 1 spiro atoms. The molecule has 10 aromatic rings. The fourth-order valence-electron chi connectivity index (χ4n) is 10.6. The van der Waals surface area contributed by atoms with Gasteiger partial charge in [-0.05, 0) is 103 Å². The summed E-state index contributed by atoms with van der Waals surface area (Å²) in [5, 5.41) is 2.00. The van der Waals surface area contributed by atoms with Crippen LogP contribution in [0.1, 0.15) is 38.9 Å². The lowest BCUT2D eigenvalue weighted by atomic mass is 9.70. The first kappa shape index (κ1) is 36.3. The summed E-state index contributed by atoms with van der Waals surface area (Å²) in [6.45, 7) is 0. The van der Waals surface area contributed by atoms with Gasteiger partial charge in [-0.15, -0.1) is 0 Å². The summed E-state index contributed by atoms with van der Waals surface area (Å²) < 4.78 is 6.67. The summed E-state index contributed by atoms with van der Waals surface area (Å²) in [7, 11) is 0. The van der Waals surface area contributed by atoms with Crippen LogP contribution in [0, 0.1) is 0 Å². The molecule has 1 aliphatic heterocycles. The second-order valence-electron chi connectivity index (χ2n) is 16.8. The minimum atomic E-state index is -0.418. The molecule has 9 aromatic carbocycles. The van der Waals surface area contributed by atoms with Gasteiger partial charge in [0, 0.05) is 27.5 Å². The molecule has 0 fully saturated rings. The molecule has 2 heterocycles. The molecule has 0 radical (unpaired) electrons. The Morgan fingerprint density at radius 3 is 1.59 bits per heavy atom. The van der Waals surface area contributed by atoms with Gasteiger partial charge in [0.05, 0.1) is 16.8 Å². The van der Waals surface area contributed by atoms with E-state index in [0.717, 1.165) is 72.3 Å². The summed E-state index contributed by atoms with van der Waals surface area (Å²) in [6, 6.07) is 76.2. The molecule has 0 saturated heterocycles. The maximum atomic E-state index is 6.67. The molecule has 64 heavy (non-hydrogen) atoms. The van der Waals surface area contributed by atoms with Crippen LogP contribution in [0.4, 0.5) is 0 Å². The van der Waals surface area contributed by atoms with Crippen LogP contribution >= 0.6 is 0 Å². The SMILES string of the molecule is C1=C/C(c2ccccc2)=NC(c2cccc3oc4ccc(-c5ccc6c(c5)C5(c7ccccc7-c7ccccc75)c5ccccc5-6)cc4c23)=N/C(c2ccccc2-c2ccccc2)=C/1. The normalized spacial score (nSPS) is 15.6. The van der Waals surface area contributed by atoms with Crippen LogP contribution in [0.25, 0.3) is 72.1 Å². The van der Waals surface area contributed by atoms with E-state index in [2.05, 4.69) is 206 Å². The minimum absolute atomic E-state index is 0.418. The Hall–Kier alpha value is -8.40. The summed E-state index contributed by atoms with van der Waals surface area (Å²) in [5.41, 5.74) is 20.8. The minimum Gasteiger partial charge on any atom is -0.456 e. The number of fused-ring (bicyclic) bond motifs is 13. The first-order valence-corrected chi connectivity index (χ1v) is 21.9. The van der Waals surface area contributed by atoms with Crippen molar-refractivity contribution in [1.29, 1.82) is 0 Å². The highest BCUT2D eigenvalue weighted by molar-refractivity contribution is 6.24. The third-order valence-corrected chi connectivity index (χ3v) is 13.4. The molecule has 0 bridgehead atoms. The van der Waals surface area contributed by atoms with Crippen LogP contribution in [0.2, 0.25) is 0 Å². The lowest BCUT2D eigenvalue weighted by molar-refractivity contribution is 0.669. The molecule has 2 aliphatic carbocycles. The zero-order chi connectivity index (χ0) is 42.2. The molecular formula is C61H38N2O. The van der Waals surface area contributed by atoms with Crippen LogP contribution in [-0.4, -0.2) is 11.5 Å². The molecule has 0 amide bonds. The molecule has 1 aromatic heterocycles. The third-order valence-electron chi connectivity index (χ3n) is 13.4. The van der Waals surface area contributed by atoms with Crippen LogP contribution in [0.15, 0.2) is 245 Å². The number of hydrogen-bond donors (Lipinski definition) is 0. The number of benzene rings is 9. The largest absolute Gasteiger partial charge is 0.456 e. The van der Waals surface area contributed by atoms with Crippen molar-refractivity contribution in [2.75, 3.05) is 0 Å². The topological polar surface area (TPSA) is 37.9 Å². The van der Waals surface area contributed by atoms with Crippen LogP contribution < -0.4 is 0 Å². The van der Waals surface area contributed by atoms with E-state index in [0.29, 0.717) is 5.84 Å². The van der Waals surface area contributed by atoms with Crippen molar-refractivity contribution in [2.24, 2.45) is 9.98 Å².